The van der Waals surface area contributed by atoms with Gasteiger partial charge in [-0.1, -0.05) is 30.3 Å². The van der Waals surface area contributed by atoms with Crippen LogP contribution >= 0.6 is 0 Å². The molecular formula is C23H24FNO5. The Morgan fingerprint density at radius 3 is 2.23 bits per heavy atom. The second kappa shape index (κ2) is 9.07. The van der Waals surface area contributed by atoms with E-state index in [4.69, 9.17) is 9.47 Å². The lowest BCUT2D eigenvalue weighted by Gasteiger charge is -2.37. The Kier molecular flexibility index (Phi) is 6.50. The van der Waals surface area contributed by atoms with Crippen molar-refractivity contribution in [2.24, 2.45) is 5.41 Å². The molecule has 30 heavy (non-hydrogen) atoms. The van der Waals surface area contributed by atoms with Crippen LogP contribution in [0.3, 0.4) is 0 Å². The summed E-state index contributed by atoms with van der Waals surface area (Å²) in [5, 5.41) is 2.79. The second-order valence-corrected chi connectivity index (χ2v) is 7.12. The number of anilines is 1. The Hall–Kier alpha value is -3.22. The summed E-state index contributed by atoms with van der Waals surface area (Å²) in [5.74, 6) is -3.57. The minimum Gasteiger partial charge on any atom is -0.465 e. The van der Waals surface area contributed by atoms with Crippen molar-refractivity contribution in [3.63, 3.8) is 0 Å². The molecule has 1 amide bonds. The third-order valence-corrected chi connectivity index (χ3v) is 5.25. The molecule has 0 heterocycles. The number of hydrogen-bond acceptors (Lipinski definition) is 5. The van der Waals surface area contributed by atoms with E-state index in [1.165, 1.54) is 12.1 Å². The van der Waals surface area contributed by atoms with Gasteiger partial charge in [-0.2, -0.15) is 0 Å². The number of carbonyl (C=O) groups excluding carboxylic acids is 3. The van der Waals surface area contributed by atoms with Gasteiger partial charge in [0.2, 0.25) is 5.91 Å². The molecule has 7 heteroatoms. The molecule has 6 nitrogen and oxygen atoms in total. The van der Waals surface area contributed by atoms with E-state index in [-0.39, 0.29) is 31.6 Å². The minimum absolute atomic E-state index is 0.0466. The number of hydrogen-bond donors (Lipinski definition) is 1. The van der Waals surface area contributed by atoms with E-state index in [2.05, 4.69) is 5.32 Å². The normalized spacial score (nSPS) is 16.8. The van der Waals surface area contributed by atoms with Crippen LogP contribution in [-0.2, 0) is 30.3 Å². The van der Waals surface area contributed by atoms with Crippen molar-refractivity contribution in [3.05, 3.63) is 65.5 Å². The number of benzene rings is 2. The first kappa shape index (κ1) is 21.5. The maximum absolute atomic E-state index is 14.7. The number of ether oxygens (including phenoxy) is 2. The zero-order valence-electron chi connectivity index (χ0n) is 16.9. The summed E-state index contributed by atoms with van der Waals surface area (Å²) in [6.45, 7) is 3.33. The lowest BCUT2D eigenvalue weighted by Crippen LogP contribution is -2.49. The van der Waals surface area contributed by atoms with Gasteiger partial charge in [0.05, 0.1) is 19.1 Å². The van der Waals surface area contributed by atoms with Crippen LogP contribution in [0.4, 0.5) is 10.1 Å². The topological polar surface area (TPSA) is 81.7 Å². The summed E-state index contributed by atoms with van der Waals surface area (Å²) in [7, 11) is 0. The maximum atomic E-state index is 14.7. The van der Waals surface area contributed by atoms with E-state index in [1.807, 2.05) is 6.07 Å². The number of fused-ring (bicyclic) bond motifs is 1. The maximum Gasteiger partial charge on any atom is 0.323 e. The van der Waals surface area contributed by atoms with E-state index in [1.54, 1.807) is 44.2 Å². The van der Waals surface area contributed by atoms with Crippen LogP contribution in [0.5, 0.6) is 0 Å². The molecule has 1 aliphatic carbocycles. The van der Waals surface area contributed by atoms with Crippen LogP contribution in [0, 0.1) is 11.2 Å². The minimum atomic E-state index is -1.79. The molecular weight excluding hydrogens is 389 g/mol. The summed E-state index contributed by atoms with van der Waals surface area (Å²) in [4.78, 5) is 39.0. The van der Waals surface area contributed by atoms with Crippen molar-refractivity contribution in [1.82, 2.24) is 0 Å². The van der Waals surface area contributed by atoms with E-state index in [0.717, 1.165) is 0 Å². The molecule has 2 aromatic rings. The highest BCUT2D eigenvalue weighted by molar-refractivity contribution is 6.03. The summed E-state index contributed by atoms with van der Waals surface area (Å²) < 4.78 is 25.1. The monoisotopic (exact) mass is 413 g/mol. The zero-order valence-corrected chi connectivity index (χ0v) is 16.9. The van der Waals surface area contributed by atoms with Gasteiger partial charge in [0, 0.05) is 12.1 Å². The number of esters is 2. The molecule has 2 aromatic carbocycles. The van der Waals surface area contributed by atoms with Gasteiger partial charge in [-0.25, -0.2) is 4.39 Å². The van der Waals surface area contributed by atoms with Crippen molar-refractivity contribution in [3.8, 4) is 0 Å². The second-order valence-electron chi connectivity index (χ2n) is 7.12. The van der Waals surface area contributed by atoms with Gasteiger partial charge in [0.1, 0.15) is 5.82 Å². The summed E-state index contributed by atoms with van der Waals surface area (Å²) >= 11 is 0. The third-order valence-electron chi connectivity index (χ3n) is 5.25. The molecule has 1 N–H and O–H groups in total. The molecule has 0 aliphatic heterocycles. The standard InChI is InChI=1S/C23H24FNO5/c1-3-29-21(27)23(22(28)30-4-2)13-17-16(11-8-12-19(17)24)18(14-23)20(26)25-15-9-6-5-7-10-15/h5-12,18H,3-4,13-14H2,1-2H3,(H,25,26). The highest BCUT2D eigenvalue weighted by Crippen LogP contribution is 2.45. The first-order valence-corrected chi connectivity index (χ1v) is 9.90. The molecule has 0 fully saturated rings. The SMILES string of the molecule is CCOC(=O)C1(C(=O)OCC)Cc2c(F)cccc2C(C(=O)Nc2ccccc2)C1. The summed E-state index contributed by atoms with van der Waals surface area (Å²) in [6.07, 6.45) is -0.387. The molecule has 0 radical (unpaired) electrons. The van der Waals surface area contributed by atoms with Crippen molar-refractivity contribution in [2.75, 3.05) is 18.5 Å². The first-order chi connectivity index (χ1) is 14.4. The van der Waals surface area contributed by atoms with Gasteiger partial charge < -0.3 is 14.8 Å². The largest absolute Gasteiger partial charge is 0.465 e. The molecule has 0 saturated carbocycles. The van der Waals surface area contributed by atoms with Crippen LogP contribution in [0.1, 0.15) is 37.3 Å². The lowest BCUT2D eigenvalue weighted by molar-refractivity contribution is -0.173. The Morgan fingerprint density at radius 2 is 1.63 bits per heavy atom. The van der Waals surface area contributed by atoms with Crippen molar-refractivity contribution >= 4 is 23.5 Å². The number of rotatable bonds is 6. The molecule has 0 saturated heterocycles. The van der Waals surface area contributed by atoms with Gasteiger partial charge in [0.25, 0.3) is 0 Å². The van der Waals surface area contributed by atoms with Gasteiger partial charge in [-0.3, -0.25) is 14.4 Å². The van der Waals surface area contributed by atoms with Crippen molar-refractivity contribution in [2.45, 2.75) is 32.6 Å². The Morgan fingerprint density at radius 1 is 1.00 bits per heavy atom. The van der Waals surface area contributed by atoms with Crippen molar-refractivity contribution < 1.29 is 28.2 Å². The first-order valence-electron chi connectivity index (χ1n) is 9.90. The molecule has 1 unspecified atom stereocenters. The highest BCUT2D eigenvalue weighted by atomic mass is 19.1. The molecule has 0 spiro atoms. The molecule has 1 atom stereocenters. The van der Waals surface area contributed by atoms with E-state index in [9.17, 15) is 18.8 Å². The quantitative estimate of drug-likeness (QED) is 0.578. The molecule has 0 aromatic heterocycles. The number of para-hydroxylation sites is 1. The predicted molar refractivity (Wildman–Crippen MR) is 108 cm³/mol. The van der Waals surface area contributed by atoms with Crippen LogP contribution in [0.25, 0.3) is 0 Å². The Labute approximate surface area is 174 Å². The summed E-state index contributed by atoms with van der Waals surface area (Å²) in [6, 6.07) is 13.2. The predicted octanol–water partition coefficient (Wildman–Crippen LogP) is 3.61. The smallest absolute Gasteiger partial charge is 0.323 e. The van der Waals surface area contributed by atoms with E-state index in [0.29, 0.717) is 11.3 Å². The lowest BCUT2D eigenvalue weighted by atomic mass is 9.66. The van der Waals surface area contributed by atoms with Gasteiger partial charge in [-0.15, -0.1) is 0 Å². The van der Waals surface area contributed by atoms with Crippen LogP contribution in [0.15, 0.2) is 48.5 Å². The fraction of sp³-hybridized carbons (Fsp3) is 0.348. The molecule has 158 valence electrons. The van der Waals surface area contributed by atoms with Crippen LogP contribution in [0.2, 0.25) is 0 Å². The average molecular weight is 413 g/mol. The van der Waals surface area contributed by atoms with Crippen LogP contribution < -0.4 is 5.32 Å². The summed E-state index contributed by atoms with van der Waals surface area (Å²) in [5.41, 5.74) is -0.630. The molecule has 1 aliphatic rings. The molecule has 3 rings (SSSR count). The Bertz CT molecular complexity index is 926. The molecule has 0 bridgehead atoms. The number of nitrogens with one attached hydrogen (secondary N) is 1. The third kappa shape index (κ3) is 4.06. The van der Waals surface area contributed by atoms with Crippen LogP contribution in [-0.4, -0.2) is 31.1 Å². The van der Waals surface area contributed by atoms with E-state index < -0.39 is 35.0 Å². The fourth-order valence-corrected chi connectivity index (χ4v) is 3.84. The number of carbonyl (C=O) groups is 3. The van der Waals surface area contributed by atoms with E-state index >= 15 is 0 Å². The number of halogens is 1. The highest BCUT2D eigenvalue weighted by Gasteiger charge is 2.55. The van der Waals surface area contributed by atoms with Gasteiger partial charge in [0.15, 0.2) is 5.41 Å². The average Bonchev–Trinajstić information content (AvgIpc) is 2.74. The van der Waals surface area contributed by atoms with Crippen molar-refractivity contribution in [1.29, 1.82) is 0 Å². The Balaban J connectivity index is 2.07. The van der Waals surface area contributed by atoms with Gasteiger partial charge in [-0.05, 0) is 49.6 Å². The van der Waals surface area contributed by atoms with Gasteiger partial charge >= 0.3 is 11.9 Å². The zero-order chi connectivity index (χ0) is 21.7. The fourth-order valence-electron chi connectivity index (χ4n) is 3.84. The number of amides is 1.